The first-order valence-corrected chi connectivity index (χ1v) is 7.05. The summed E-state index contributed by atoms with van der Waals surface area (Å²) in [6, 6.07) is 3.30. The zero-order chi connectivity index (χ0) is 14.7. The van der Waals surface area contributed by atoms with Gasteiger partial charge in [-0.3, -0.25) is 14.9 Å². The first kappa shape index (κ1) is 14.3. The number of non-ortho nitro benzene ring substituents is 1. The molecule has 7 nitrogen and oxygen atoms in total. The topological polar surface area (TPSA) is 110 Å². The van der Waals surface area contributed by atoms with Gasteiger partial charge in [0, 0.05) is 23.8 Å². The van der Waals surface area contributed by atoms with E-state index in [0.717, 1.165) is 30.4 Å². The molecule has 1 fully saturated rings. The maximum Gasteiger partial charge on any atom is 0.337 e. The summed E-state index contributed by atoms with van der Waals surface area (Å²) in [7, 11) is 0. The zero-order valence-electron chi connectivity index (χ0n) is 10.4. The van der Waals surface area contributed by atoms with Gasteiger partial charge >= 0.3 is 5.97 Å². The van der Waals surface area contributed by atoms with Crippen LogP contribution in [-0.4, -0.2) is 33.4 Å². The van der Waals surface area contributed by atoms with Gasteiger partial charge in [0.05, 0.1) is 16.2 Å². The van der Waals surface area contributed by atoms with Crippen molar-refractivity contribution in [2.45, 2.75) is 6.42 Å². The van der Waals surface area contributed by atoms with Crippen molar-refractivity contribution in [2.75, 3.05) is 16.8 Å². The summed E-state index contributed by atoms with van der Waals surface area (Å²) in [5.74, 6) is -0.142. The van der Waals surface area contributed by atoms with E-state index < -0.39 is 10.9 Å². The normalized spacial score (nSPS) is 17.7. The van der Waals surface area contributed by atoms with Crippen LogP contribution in [0.15, 0.2) is 18.2 Å². The van der Waals surface area contributed by atoms with Crippen LogP contribution in [0, 0.1) is 16.0 Å². The number of carboxylic acid groups (broad SMARTS) is 1. The lowest BCUT2D eigenvalue weighted by atomic mass is 10.1. The molecule has 1 unspecified atom stereocenters. The molecule has 1 aliphatic rings. The summed E-state index contributed by atoms with van der Waals surface area (Å²) in [5.41, 5.74) is -0.450. The lowest BCUT2D eigenvalue weighted by molar-refractivity contribution is -0.384. The first-order chi connectivity index (χ1) is 9.49. The van der Waals surface area contributed by atoms with E-state index in [1.807, 2.05) is 0 Å². The Kier molecular flexibility index (Phi) is 4.23. The van der Waals surface area contributed by atoms with E-state index in [4.69, 9.17) is 5.11 Å². The van der Waals surface area contributed by atoms with Gasteiger partial charge in [0.15, 0.2) is 0 Å². The Hall–Kier alpha value is -2.09. The predicted molar refractivity (Wildman–Crippen MR) is 74.1 cm³/mol. The van der Waals surface area contributed by atoms with Crippen LogP contribution in [0.4, 0.5) is 11.4 Å². The van der Waals surface area contributed by atoms with Gasteiger partial charge in [0.1, 0.15) is 0 Å². The number of benzene rings is 1. The molecule has 0 bridgehead atoms. The molecule has 1 aromatic carbocycles. The van der Waals surface area contributed by atoms with E-state index in [1.165, 1.54) is 0 Å². The molecule has 1 amide bonds. The number of carboxylic acids is 1. The third-order valence-corrected chi connectivity index (χ3v) is 4.17. The summed E-state index contributed by atoms with van der Waals surface area (Å²) in [4.78, 5) is 33.2. The van der Waals surface area contributed by atoms with Gasteiger partial charge in [-0.15, -0.1) is 0 Å². The Morgan fingerprint density at radius 3 is 2.75 bits per heavy atom. The SMILES string of the molecule is O=C(O)c1ccc([N+](=O)[O-])cc1NC(=O)C1CCSC1. The lowest BCUT2D eigenvalue weighted by Gasteiger charge is -2.11. The second-order valence-electron chi connectivity index (χ2n) is 4.34. The van der Waals surface area contributed by atoms with E-state index in [0.29, 0.717) is 5.75 Å². The number of rotatable bonds is 4. The Labute approximate surface area is 118 Å². The van der Waals surface area contributed by atoms with Crippen molar-refractivity contribution < 1.29 is 19.6 Å². The first-order valence-electron chi connectivity index (χ1n) is 5.89. The third-order valence-electron chi connectivity index (χ3n) is 3.00. The molecular formula is C12H12N2O5S. The molecule has 8 heteroatoms. The van der Waals surface area contributed by atoms with Crippen LogP contribution in [-0.2, 0) is 4.79 Å². The number of thioether (sulfide) groups is 1. The number of nitrogens with zero attached hydrogens (tertiary/aromatic N) is 1. The highest BCUT2D eigenvalue weighted by molar-refractivity contribution is 7.99. The van der Waals surface area contributed by atoms with Gasteiger partial charge in [0.2, 0.25) is 5.91 Å². The summed E-state index contributed by atoms with van der Waals surface area (Å²) in [6.45, 7) is 0. The van der Waals surface area contributed by atoms with Crippen molar-refractivity contribution in [3.63, 3.8) is 0 Å². The Balaban J connectivity index is 2.27. The number of aromatic carboxylic acids is 1. The van der Waals surface area contributed by atoms with Crippen molar-refractivity contribution in [3.8, 4) is 0 Å². The minimum absolute atomic E-state index is 0.0337. The second kappa shape index (κ2) is 5.91. The molecule has 0 aliphatic carbocycles. The van der Waals surface area contributed by atoms with Gasteiger partial charge in [-0.05, 0) is 18.2 Å². The van der Waals surface area contributed by atoms with Crippen molar-refractivity contribution in [2.24, 2.45) is 5.92 Å². The number of nitro groups is 1. The molecule has 1 aliphatic heterocycles. The number of carbonyl (C=O) groups excluding carboxylic acids is 1. The molecule has 2 rings (SSSR count). The number of hydrogen-bond donors (Lipinski definition) is 2. The number of nitro benzene ring substituents is 1. The van der Waals surface area contributed by atoms with E-state index in [1.54, 1.807) is 11.8 Å². The van der Waals surface area contributed by atoms with Gasteiger partial charge in [-0.25, -0.2) is 4.79 Å². The highest BCUT2D eigenvalue weighted by Crippen LogP contribution is 2.27. The number of amides is 1. The molecule has 0 radical (unpaired) electrons. The maximum absolute atomic E-state index is 12.0. The molecule has 0 saturated carbocycles. The van der Waals surface area contributed by atoms with Crippen LogP contribution in [0.1, 0.15) is 16.8 Å². The maximum atomic E-state index is 12.0. The highest BCUT2D eigenvalue weighted by atomic mass is 32.2. The Morgan fingerprint density at radius 1 is 1.45 bits per heavy atom. The van der Waals surface area contributed by atoms with Crippen molar-refractivity contribution in [3.05, 3.63) is 33.9 Å². The molecule has 20 heavy (non-hydrogen) atoms. The van der Waals surface area contributed by atoms with Crippen LogP contribution in [0.2, 0.25) is 0 Å². The van der Waals surface area contributed by atoms with E-state index >= 15 is 0 Å². The number of nitrogens with one attached hydrogen (secondary N) is 1. The van der Waals surface area contributed by atoms with Gasteiger partial charge in [-0.1, -0.05) is 0 Å². The van der Waals surface area contributed by atoms with Crippen LogP contribution in [0.3, 0.4) is 0 Å². The monoisotopic (exact) mass is 296 g/mol. The average molecular weight is 296 g/mol. The fourth-order valence-electron chi connectivity index (χ4n) is 1.91. The van der Waals surface area contributed by atoms with E-state index in [2.05, 4.69) is 5.32 Å². The molecule has 1 saturated heterocycles. The molecular weight excluding hydrogens is 284 g/mol. The summed E-state index contributed by atoms with van der Waals surface area (Å²) in [6.07, 6.45) is 0.730. The van der Waals surface area contributed by atoms with Crippen molar-refractivity contribution >= 4 is 35.0 Å². The fourth-order valence-corrected chi connectivity index (χ4v) is 3.13. The largest absolute Gasteiger partial charge is 0.478 e. The molecule has 0 aromatic heterocycles. The molecule has 1 heterocycles. The zero-order valence-corrected chi connectivity index (χ0v) is 11.2. The third kappa shape index (κ3) is 3.08. The minimum atomic E-state index is -1.24. The average Bonchev–Trinajstić information content (AvgIpc) is 2.92. The summed E-state index contributed by atoms with van der Waals surface area (Å²) in [5, 5.41) is 22.3. The minimum Gasteiger partial charge on any atom is -0.478 e. The Morgan fingerprint density at radius 2 is 2.20 bits per heavy atom. The van der Waals surface area contributed by atoms with E-state index in [-0.39, 0.29) is 28.8 Å². The smallest absolute Gasteiger partial charge is 0.337 e. The number of carbonyl (C=O) groups is 2. The van der Waals surface area contributed by atoms with Gasteiger partial charge in [-0.2, -0.15) is 11.8 Å². The van der Waals surface area contributed by atoms with Crippen molar-refractivity contribution in [1.29, 1.82) is 0 Å². The van der Waals surface area contributed by atoms with Crippen LogP contribution in [0.5, 0.6) is 0 Å². The second-order valence-corrected chi connectivity index (χ2v) is 5.49. The van der Waals surface area contributed by atoms with Gasteiger partial charge < -0.3 is 10.4 Å². The Bertz CT molecular complexity index is 569. The molecule has 0 spiro atoms. The summed E-state index contributed by atoms with van der Waals surface area (Å²) >= 11 is 1.65. The fraction of sp³-hybridized carbons (Fsp3) is 0.333. The van der Waals surface area contributed by atoms with Crippen LogP contribution < -0.4 is 5.32 Å². The molecule has 1 aromatic rings. The standard InChI is InChI=1S/C12H12N2O5S/c15-11(7-3-4-20-6-7)13-10-5-8(14(18)19)1-2-9(10)12(16)17/h1-2,5,7H,3-4,6H2,(H,13,15)(H,16,17). The highest BCUT2D eigenvalue weighted by Gasteiger charge is 2.25. The number of hydrogen-bond acceptors (Lipinski definition) is 5. The van der Waals surface area contributed by atoms with Crippen molar-refractivity contribution in [1.82, 2.24) is 0 Å². The molecule has 1 atom stereocenters. The number of anilines is 1. The predicted octanol–water partition coefficient (Wildman–Crippen LogP) is 1.98. The van der Waals surface area contributed by atoms with Crippen LogP contribution >= 0.6 is 11.8 Å². The lowest BCUT2D eigenvalue weighted by Crippen LogP contribution is -2.23. The van der Waals surface area contributed by atoms with Gasteiger partial charge in [0.25, 0.3) is 5.69 Å². The molecule has 106 valence electrons. The quantitative estimate of drug-likeness (QED) is 0.649. The van der Waals surface area contributed by atoms with Crippen LogP contribution in [0.25, 0.3) is 0 Å². The van der Waals surface area contributed by atoms with E-state index in [9.17, 15) is 19.7 Å². The summed E-state index contributed by atoms with van der Waals surface area (Å²) < 4.78 is 0. The molecule has 2 N–H and O–H groups in total.